The van der Waals surface area contributed by atoms with Gasteiger partial charge >= 0.3 is 0 Å². The van der Waals surface area contributed by atoms with E-state index in [1.807, 2.05) is 60.7 Å². The number of furan rings is 2. The summed E-state index contributed by atoms with van der Waals surface area (Å²) < 4.78 is 12.7. The number of benzene rings is 14. The van der Waals surface area contributed by atoms with Crippen molar-refractivity contribution >= 4 is 43.9 Å². The van der Waals surface area contributed by atoms with Crippen LogP contribution in [0.25, 0.3) is 179 Å². The maximum Gasteiger partial charge on any atom is 0.167 e. The van der Waals surface area contributed by atoms with E-state index in [9.17, 15) is 0 Å². The van der Waals surface area contributed by atoms with Crippen LogP contribution in [0.3, 0.4) is 0 Å². The highest BCUT2D eigenvalue weighted by atomic mass is 16.3. The first-order chi connectivity index (χ1) is 54.4. The van der Waals surface area contributed by atoms with Crippen molar-refractivity contribution < 1.29 is 8.83 Å². The number of fused-ring (bicyclic) bond motifs is 16. The molecule has 22 rings (SSSR count). The predicted octanol–water partition coefficient (Wildman–Crippen LogP) is 26.7. The highest BCUT2D eigenvalue weighted by molar-refractivity contribution is 6.09. The number of nitrogens with zero attached hydrogens (tertiary/aromatic N) is 6. The number of aromatic nitrogens is 6. The summed E-state index contributed by atoms with van der Waals surface area (Å²) in [5, 5.41) is 4.29. The van der Waals surface area contributed by atoms with Crippen LogP contribution in [-0.2, 0) is 10.8 Å². The van der Waals surface area contributed by atoms with E-state index in [-0.39, 0.29) is 10.8 Å². The molecule has 18 aromatic rings. The topological polar surface area (TPSA) is 104 Å². The zero-order chi connectivity index (χ0) is 72.7. The second kappa shape index (κ2) is 26.9. The van der Waals surface area contributed by atoms with Crippen LogP contribution in [0.2, 0.25) is 0 Å². The Labute approximate surface area is 638 Å². The fourth-order valence-electron chi connectivity index (χ4n) is 18.5. The van der Waals surface area contributed by atoms with Gasteiger partial charge in [-0.25, -0.2) is 29.9 Å². The molecular weight excluding hydrogens is 1340 g/mol. The molecule has 4 heterocycles. The Kier molecular flexibility index (Phi) is 15.9. The van der Waals surface area contributed by atoms with Crippen LogP contribution in [0, 0.1) is 0 Å². The minimum Gasteiger partial charge on any atom is -0.456 e. The molecular formula is C102H74N6O2. The highest BCUT2D eigenvalue weighted by Gasteiger charge is 2.45. The number of hydrogen-bond acceptors (Lipinski definition) is 8. The molecule has 110 heavy (non-hydrogen) atoms. The lowest BCUT2D eigenvalue weighted by atomic mass is 9.68. The molecule has 0 saturated heterocycles. The molecule has 0 atom stereocenters. The third kappa shape index (κ3) is 11.3. The Morgan fingerprint density at radius 3 is 1.05 bits per heavy atom. The van der Waals surface area contributed by atoms with Crippen molar-refractivity contribution in [1.82, 2.24) is 29.9 Å². The van der Waals surface area contributed by atoms with Gasteiger partial charge in [-0.1, -0.05) is 318 Å². The van der Waals surface area contributed by atoms with E-state index in [1.165, 1.54) is 137 Å². The Morgan fingerprint density at radius 1 is 0.191 bits per heavy atom. The lowest BCUT2D eigenvalue weighted by molar-refractivity contribution is 0.353. The SMILES string of the molecule is c1ccc(-c2ccc(-c3nc(-c4ccc(-c5ccc6c(c5)-c5ccccc5C65CCCCC5)cc4)nc(-c4ccc5c(c4)oc4ccccc45)n3)cc2)cc1.c1ccc(-c2cccc(-c3nc(-c4ccc(-c5ccc6c(c5)-c5ccccc5C65CCCCC5)cc4)nc(-c4cccc5c4oc4ccccc45)n3)c2)cc1. The molecule has 8 heteroatoms. The molecule has 2 spiro atoms. The van der Waals surface area contributed by atoms with Crippen LogP contribution in [0.4, 0.5) is 0 Å². The smallest absolute Gasteiger partial charge is 0.167 e. The summed E-state index contributed by atoms with van der Waals surface area (Å²) in [4.78, 5) is 30.6. The Hall–Kier alpha value is -13.3. The normalized spacial score (nSPS) is 14.3. The first-order valence-corrected chi connectivity index (χ1v) is 38.8. The van der Waals surface area contributed by atoms with E-state index in [4.69, 9.17) is 38.7 Å². The monoisotopic (exact) mass is 1410 g/mol. The second-order valence-corrected chi connectivity index (χ2v) is 30.1. The van der Waals surface area contributed by atoms with E-state index in [0.717, 1.165) is 93.9 Å². The van der Waals surface area contributed by atoms with Gasteiger partial charge in [-0.3, -0.25) is 0 Å². The largest absolute Gasteiger partial charge is 0.456 e. The number of para-hydroxylation sites is 3. The average molecular weight is 1420 g/mol. The first-order valence-electron chi connectivity index (χ1n) is 38.8. The summed E-state index contributed by atoms with van der Waals surface area (Å²) in [6.07, 6.45) is 12.8. The van der Waals surface area contributed by atoms with Crippen molar-refractivity contribution in [2.24, 2.45) is 0 Å². The molecule has 0 bridgehead atoms. The van der Waals surface area contributed by atoms with E-state index in [1.54, 1.807) is 0 Å². The van der Waals surface area contributed by atoms with Crippen molar-refractivity contribution in [2.45, 2.75) is 75.0 Å². The fraction of sp³-hybridized carbons (Fsp3) is 0.118. The molecule has 0 N–H and O–H groups in total. The molecule has 4 aliphatic carbocycles. The Bertz CT molecular complexity index is 6590. The summed E-state index contributed by atoms with van der Waals surface area (Å²) in [5.74, 6) is 3.67. The van der Waals surface area contributed by atoms with Crippen molar-refractivity contribution in [1.29, 1.82) is 0 Å². The van der Waals surface area contributed by atoms with Gasteiger partial charge in [0.1, 0.15) is 22.3 Å². The van der Waals surface area contributed by atoms with Crippen molar-refractivity contribution in [3.63, 3.8) is 0 Å². The summed E-state index contributed by atoms with van der Waals surface area (Å²) in [7, 11) is 0. The molecule has 4 aliphatic rings. The first kappa shape index (κ1) is 65.0. The van der Waals surface area contributed by atoms with Crippen LogP contribution in [0.1, 0.15) is 86.5 Å². The molecule has 0 unspecified atom stereocenters. The van der Waals surface area contributed by atoms with Crippen LogP contribution < -0.4 is 0 Å². The van der Waals surface area contributed by atoms with E-state index in [2.05, 4.69) is 267 Å². The van der Waals surface area contributed by atoms with Gasteiger partial charge in [0.25, 0.3) is 0 Å². The quantitative estimate of drug-likeness (QED) is 0.133. The fourth-order valence-corrected chi connectivity index (χ4v) is 18.5. The Morgan fingerprint density at radius 2 is 0.518 bits per heavy atom. The molecule has 0 aliphatic heterocycles. The van der Waals surface area contributed by atoms with Gasteiger partial charge in [0.15, 0.2) is 34.9 Å². The predicted molar refractivity (Wildman–Crippen MR) is 447 cm³/mol. The van der Waals surface area contributed by atoms with Crippen LogP contribution >= 0.6 is 0 Å². The lowest BCUT2D eigenvalue weighted by Gasteiger charge is -2.36. The minimum atomic E-state index is 0.161. The van der Waals surface area contributed by atoms with Crippen molar-refractivity contribution in [3.05, 3.63) is 350 Å². The van der Waals surface area contributed by atoms with Gasteiger partial charge in [0.2, 0.25) is 0 Å². The third-order valence-corrected chi connectivity index (χ3v) is 23.9. The summed E-state index contributed by atoms with van der Waals surface area (Å²) in [5.41, 5.74) is 30.1. The standard InChI is InChI=1S/2C51H37N3O/c1-3-13-33(14-4-1)36-15-11-16-38(31-36)49-52-48(53-50(54-49)42-20-12-19-41-40-18-6-8-22-46(40)55-47(41)42)35-25-23-34(24-26-35)37-27-28-45-43(32-37)39-17-5-7-21-44(39)51(45)29-9-2-10-30-51;1-3-11-33(12-4-1)34-17-21-36(22-18-34)48-52-49(54-50(53-48)39-25-27-42-41-14-6-8-16-46(41)55-47(42)32-39)37-23-19-35(20-24-37)38-26-28-45-43(31-38)40-13-5-7-15-44(40)51(45)29-9-2-10-30-51/h2*1,3-8,11-28,31-32H,2,9-10,29-30H2. The van der Waals surface area contributed by atoms with Gasteiger partial charge in [-0.15, -0.1) is 0 Å². The van der Waals surface area contributed by atoms with Crippen molar-refractivity contribution in [2.75, 3.05) is 0 Å². The van der Waals surface area contributed by atoms with Crippen LogP contribution in [0.5, 0.6) is 0 Å². The zero-order valence-corrected chi connectivity index (χ0v) is 60.7. The zero-order valence-electron chi connectivity index (χ0n) is 60.7. The molecule has 0 amide bonds. The van der Waals surface area contributed by atoms with Crippen LogP contribution in [0.15, 0.2) is 336 Å². The summed E-state index contributed by atoms with van der Waals surface area (Å²) in [6, 6.07) is 116. The number of hydrogen-bond donors (Lipinski definition) is 0. The van der Waals surface area contributed by atoms with Gasteiger partial charge in [-0.05, 0) is 163 Å². The van der Waals surface area contributed by atoms with Gasteiger partial charge in [-0.2, -0.15) is 0 Å². The van der Waals surface area contributed by atoms with Crippen LogP contribution in [-0.4, -0.2) is 29.9 Å². The van der Waals surface area contributed by atoms with E-state index >= 15 is 0 Å². The molecule has 0 radical (unpaired) electrons. The van der Waals surface area contributed by atoms with Crippen molar-refractivity contribution in [3.8, 4) is 135 Å². The molecule has 2 saturated carbocycles. The Balaban J connectivity index is 0.000000140. The second-order valence-electron chi connectivity index (χ2n) is 30.1. The number of rotatable bonds is 10. The molecule has 524 valence electrons. The molecule has 14 aromatic carbocycles. The summed E-state index contributed by atoms with van der Waals surface area (Å²) >= 11 is 0. The maximum absolute atomic E-state index is 6.46. The highest BCUT2D eigenvalue weighted by Crippen LogP contribution is 2.58. The van der Waals surface area contributed by atoms with Gasteiger partial charge in [0.05, 0.1) is 5.56 Å². The average Bonchev–Trinajstić information content (AvgIpc) is 1.57. The molecule has 8 nitrogen and oxygen atoms in total. The summed E-state index contributed by atoms with van der Waals surface area (Å²) in [6.45, 7) is 0. The molecule has 2 fully saturated rings. The van der Waals surface area contributed by atoms with E-state index in [0.29, 0.717) is 34.9 Å². The van der Waals surface area contributed by atoms with Gasteiger partial charge < -0.3 is 8.83 Å². The molecule has 4 aromatic heterocycles. The maximum atomic E-state index is 6.46. The third-order valence-electron chi connectivity index (χ3n) is 23.9. The van der Waals surface area contributed by atoms with E-state index < -0.39 is 0 Å². The van der Waals surface area contributed by atoms with Gasteiger partial charge in [0, 0.05) is 60.2 Å². The minimum absolute atomic E-state index is 0.161. The lowest BCUT2D eigenvalue weighted by Crippen LogP contribution is -2.27.